The molecule has 0 atom stereocenters. The Morgan fingerprint density at radius 1 is 0.889 bits per heavy atom. The Balaban J connectivity index is 1.71. The lowest BCUT2D eigenvalue weighted by molar-refractivity contribution is -0.134. The zero-order valence-corrected chi connectivity index (χ0v) is 17.0. The van der Waals surface area contributed by atoms with Crippen molar-refractivity contribution < 1.29 is 9.53 Å². The van der Waals surface area contributed by atoms with Gasteiger partial charge >= 0.3 is 0 Å². The maximum Gasteiger partial charge on any atom is 0.261 e. The minimum absolute atomic E-state index is 0.0684. The van der Waals surface area contributed by atoms with E-state index < -0.39 is 0 Å². The third-order valence-electron chi connectivity index (χ3n) is 4.03. The summed E-state index contributed by atoms with van der Waals surface area (Å²) in [6.07, 6.45) is 0. The van der Waals surface area contributed by atoms with Crippen LogP contribution in [0.1, 0.15) is 11.1 Å². The van der Waals surface area contributed by atoms with E-state index in [1.807, 2.05) is 66.7 Å². The molecule has 0 aliphatic rings. The smallest absolute Gasteiger partial charge is 0.261 e. The number of hydrogen-bond donors (Lipinski definition) is 0. The fraction of sp³-hybridized carbons (Fsp3) is 0.136. The molecule has 3 rings (SSSR count). The quantitative estimate of drug-likeness (QED) is 0.467. The van der Waals surface area contributed by atoms with E-state index in [9.17, 15) is 4.79 Å². The van der Waals surface area contributed by atoms with Crippen LogP contribution >= 0.6 is 27.5 Å². The van der Waals surface area contributed by atoms with Crippen LogP contribution in [-0.2, 0) is 17.9 Å². The highest BCUT2D eigenvalue weighted by Gasteiger charge is 2.16. The third-order valence-corrected chi connectivity index (χ3v) is 4.82. The fourth-order valence-electron chi connectivity index (χ4n) is 2.66. The molecule has 1 amide bonds. The molecule has 0 fully saturated rings. The number of rotatable bonds is 7. The van der Waals surface area contributed by atoms with E-state index in [2.05, 4.69) is 15.9 Å². The van der Waals surface area contributed by atoms with E-state index in [1.54, 1.807) is 17.0 Å². The average molecular weight is 445 g/mol. The van der Waals surface area contributed by atoms with Crippen molar-refractivity contribution in [2.75, 3.05) is 6.61 Å². The van der Waals surface area contributed by atoms with E-state index in [-0.39, 0.29) is 12.5 Å². The molecule has 0 unspecified atom stereocenters. The van der Waals surface area contributed by atoms with Crippen LogP contribution in [-0.4, -0.2) is 17.4 Å². The number of hydrogen-bond acceptors (Lipinski definition) is 2. The topological polar surface area (TPSA) is 29.5 Å². The summed E-state index contributed by atoms with van der Waals surface area (Å²) in [5, 5.41) is 0.467. The lowest BCUT2D eigenvalue weighted by atomic mass is 10.1. The second-order valence-electron chi connectivity index (χ2n) is 6.08. The van der Waals surface area contributed by atoms with Gasteiger partial charge in [-0.1, -0.05) is 88.2 Å². The Labute approximate surface area is 172 Å². The molecule has 3 nitrogen and oxygen atoms in total. The van der Waals surface area contributed by atoms with E-state index in [0.717, 1.165) is 15.6 Å². The minimum Gasteiger partial charge on any atom is -0.482 e. The van der Waals surface area contributed by atoms with Crippen molar-refractivity contribution in [3.8, 4) is 5.75 Å². The number of carbonyl (C=O) groups excluding carboxylic acids is 1. The standard InChI is InChI=1S/C22H19BrClNO2/c23-19-11-12-21(20(24)13-19)27-16-22(26)25(14-17-7-3-1-4-8-17)15-18-9-5-2-6-10-18/h1-13H,14-16H2. The number of carbonyl (C=O) groups is 1. The van der Waals surface area contributed by atoms with Gasteiger partial charge in [0.25, 0.3) is 5.91 Å². The van der Waals surface area contributed by atoms with Crippen LogP contribution in [0.25, 0.3) is 0 Å². The molecule has 3 aromatic rings. The summed E-state index contributed by atoms with van der Waals surface area (Å²) in [7, 11) is 0. The molecule has 0 aliphatic heterocycles. The first-order valence-electron chi connectivity index (χ1n) is 8.55. The van der Waals surface area contributed by atoms with Crippen molar-refractivity contribution in [2.45, 2.75) is 13.1 Å². The lowest BCUT2D eigenvalue weighted by Crippen LogP contribution is -2.34. The highest BCUT2D eigenvalue weighted by Crippen LogP contribution is 2.27. The molecule has 27 heavy (non-hydrogen) atoms. The van der Waals surface area contributed by atoms with E-state index in [0.29, 0.717) is 23.9 Å². The van der Waals surface area contributed by atoms with Gasteiger partial charge in [-0.15, -0.1) is 0 Å². The molecule has 0 aromatic heterocycles. The van der Waals surface area contributed by atoms with Gasteiger partial charge in [0, 0.05) is 17.6 Å². The minimum atomic E-state index is -0.0957. The maximum atomic E-state index is 12.9. The molecule has 0 saturated heterocycles. The van der Waals surface area contributed by atoms with Crippen LogP contribution in [0.3, 0.4) is 0 Å². The Morgan fingerprint density at radius 2 is 1.44 bits per heavy atom. The second-order valence-corrected chi connectivity index (χ2v) is 7.41. The summed E-state index contributed by atoms with van der Waals surface area (Å²) in [5.41, 5.74) is 2.15. The van der Waals surface area contributed by atoms with Crippen LogP contribution in [0, 0.1) is 0 Å². The molecule has 0 radical (unpaired) electrons. The van der Waals surface area contributed by atoms with Crippen molar-refractivity contribution in [1.29, 1.82) is 0 Å². The predicted octanol–water partition coefficient (Wildman–Crippen LogP) is 5.71. The van der Waals surface area contributed by atoms with Crippen molar-refractivity contribution in [3.05, 3.63) is 99.5 Å². The molecule has 138 valence electrons. The van der Waals surface area contributed by atoms with Gasteiger partial charge in [0.15, 0.2) is 6.61 Å². The van der Waals surface area contributed by atoms with Gasteiger partial charge in [-0.05, 0) is 29.3 Å². The monoisotopic (exact) mass is 443 g/mol. The van der Waals surface area contributed by atoms with E-state index in [1.165, 1.54) is 0 Å². The van der Waals surface area contributed by atoms with Crippen LogP contribution in [0.2, 0.25) is 5.02 Å². The SMILES string of the molecule is O=C(COc1ccc(Br)cc1Cl)N(Cc1ccccc1)Cc1ccccc1. The zero-order chi connectivity index (χ0) is 19.1. The molecular formula is C22H19BrClNO2. The molecule has 3 aromatic carbocycles. The Hall–Kier alpha value is -2.30. The van der Waals surface area contributed by atoms with Crippen molar-refractivity contribution in [2.24, 2.45) is 0 Å². The number of ether oxygens (including phenoxy) is 1. The van der Waals surface area contributed by atoms with E-state index in [4.69, 9.17) is 16.3 Å². The molecule has 0 N–H and O–H groups in total. The number of benzene rings is 3. The number of nitrogens with zero attached hydrogens (tertiary/aromatic N) is 1. The average Bonchev–Trinajstić information content (AvgIpc) is 2.68. The molecule has 0 spiro atoms. The number of amides is 1. The summed E-state index contributed by atoms with van der Waals surface area (Å²) in [5.74, 6) is 0.397. The highest BCUT2D eigenvalue weighted by atomic mass is 79.9. The predicted molar refractivity (Wildman–Crippen MR) is 112 cm³/mol. The van der Waals surface area contributed by atoms with Gasteiger partial charge in [0.2, 0.25) is 0 Å². The first kappa shape index (κ1) is 19.5. The summed E-state index contributed by atoms with van der Waals surface area (Å²) in [6, 6.07) is 25.2. The molecule has 0 saturated carbocycles. The van der Waals surface area contributed by atoms with Crippen LogP contribution in [0.4, 0.5) is 0 Å². The second kappa shape index (κ2) is 9.58. The van der Waals surface area contributed by atoms with Gasteiger partial charge in [0.1, 0.15) is 5.75 Å². The van der Waals surface area contributed by atoms with Crippen LogP contribution in [0.15, 0.2) is 83.3 Å². The summed E-state index contributed by atoms with van der Waals surface area (Å²) < 4.78 is 6.53. The van der Waals surface area contributed by atoms with Crippen LogP contribution < -0.4 is 4.74 Å². The van der Waals surface area contributed by atoms with Crippen LogP contribution in [0.5, 0.6) is 5.75 Å². The van der Waals surface area contributed by atoms with Gasteiger partial charge in [-0.2, -0.15) is 0 Å². The van der Waals surface area contributed by atoms with Crippen molar-refractivity contribution in [3.63, 3.8) is 0 Å². The summed E-state index contributed by atoms with van der Waals surface area (Å²) >= 11 is 9.53. The Kier molecular flexibility index (Phi) is 6.91. The maximum absolute atomic E-state index is 12.9. The van der Waals surface area contributed by atoms with Gasteiger partial charge < -0.3 is 9.64 Å². The molecule has 0 bridgehead atoms. The zero-order valence-electron chi connectivity index (χ0n) is 14.6. The largest absolute Gasteiger partial charge is 0.482 e. The lowest BCUT2D eigenvalue weighted by Gasteiger charge is -2.23. The third kappa shape index (κ3) is 5.84. The van der Waals surface area contributed by atoms with Gasteiger partial charge in [-0.3, -0.25) is 4.79 Å². The van der Waals surface area contributed by atoms with Gasteiger partial charge in [0.05, 0.1) is 5.02 Å². The summed E-state index contributed by atoms with van der Waals surface area (Å²) in [4.78, 5) is 14.6. The van der Waals surface area contributed by atoms with Crippen molar-refractivity contribution in [1.82, 2.24) is 4.90 Å². The fourth-order valence-corrected chi connectivity index (χ4v) is 3.39. The molecule has 5 heteroatoms. The normalized spacial score (nSPS) is 10.4. The summed E-state index contributed by atoms with van der Waals surface area (Å²) in [6.45, 7) is 0.971. The first-order valence-corrected chi connectivity index (χ1v) is 9.72. The van der Waals surface area contributed by atoms with E-state index >= 15 is 0 Å². The number of halogens is 2. The Morgan fingerprint density at radius 3 is 1.96 bits per heavy atom. The molecule has 0 aliphatic carbocycles. The van der Waals surface area contributed by atoms with Gasteiger partial charge in [-0.25, -0.2) is 0 Å². The first-order chi connectivity index (χ1) is 13.1. The molecular weight excluding hydrogens is 426 g/mol. The highest BCUT2D eigenvalue weighted by molar-refractivity contribution is 9.10. The van der Waals surface area contributed by atoms with Crippen molar-refractivity contribution >= 4 is 33.4 Å². The molecule has 0 heterocycles. The Bertz CT molecular complexity index is 846.